The predicted octanol–water partition coefficient (Wildman–Crippen LogP) is 1.89. The van der Waals surface area contributed by atoms with Crippen molar-refractivity contribution in [1.82, 2.24) is 0 Å². The summed E-state index contributed by atoms with van der Waals surface area (Å²) in [5.74, 6) is -0.890. The van der Waals surface area contributed by atoms with Gasteiger partial charge in [0.25, 0.3) is 0 Å². The minimum absolute atomic E-state index is 0.0309. The molecule has 4 heteroatoms. The molecule has 1 saturated heterocycles. The van der Waals surface area contributed by atoms with Crippen molar-refractivity contribution in [3.63, 3.8) is 0 Å². The number of Topliss-reactive ketones (excluding diaryl/α,β-unsaturated/α-hetero) is 1. The molecule has 0 radical (unpaired) electrons. The number of ketones is 1. The summed E-state index contributed by atoms with van der Waals surface area (Å²) in [6, 6.07) is 7.24. The number of ether oxygens (including phenoxy) is 2. The SMILES string of the molecule is CC(=O)C(CC1CO1)C(=O)Oc1ccccc1C. The Morgan fingerprint density at radius 1 is 1.44 bits per heavy atom. The fraction of sp³-hybridized carbons (Fsp3) is 0.429. The van der Waals surface area contributed by atoms with Crippen molar-refractivity contribution in [1.29, 1.82) is 0 Å². The van der Waals surface area contributed by atoms with Gasteiger partial charge in [-0.1, -0.05) is 18.2 Å². The number of esters is 1. The topological polar surface area (TPSA) is 55.9 Å². The Kier molecular flexibility index (Phi) is 3.77. The van der Waals surface area contributed by atoms with Crippen molar-refractivity contribution < 1.29 is 19.1 Å². The summed E-state index contributed by atoms with van der Waals surface area (Å²) >= 11 is 0. The van der Waals surface area contributed by atoms with Crippen LogP contribution >= 0.6 is 0 Å². The lowest BCUT2D eigenvalue weighted by molar-refractivity contribution is -0.143. The molecule has 1 aliphatic rings. The van der Waals surface area contributed by atoms with Crippen molar-refractivity contribution in [2.24, 2.45) is 5.92 Å². The van der Waals surface area contributed by atoms with Crippen LogP contribution in [-0.2, 0) is 14.3 Å². The van der Waals surface area contributed by atoms with Crippen LogP contribution in [0.2, 0.25) is 0 Å². The number of hydrogen-bond acceptors (Lipinski definition) is 4. The number of carbonyl (C=O) groups is 2. The highest BCUT2D eigenvalue weighted by Gasteiger charge is 2.34. The molecule has 96 valence electrons. The van der Waals surface area contributed by atoms with Gasteiger partial charge in [0.2, 0.25) is 0 Å². The van der Waals surface area contributed by atoms with E-state index in [4.69, 9.17) is 9.47 Å². The van der Waals surface area contributed by atoms with Gasteiger partial charge in [-0.2, -0.15) is 0 Å². The molecule has 2 atom stereocenters. The largest absolute Gasteiger partial charge is 0.426 e. The fourth-order valence-corrected chi connectivity index (χ4v) is 1.75. The molecule has 18 heavy (non-hydrogen) atoms. The second-order valence-corrected chi connectivity index (χ2v) is 4.54. The van der Waals surface area contributed by atoms with E-state index in [0.717, 1.165) is 5.56 Å². The predicted molar refractivity (Wildman–Crippen MR) is 65.3 cm³/mol. The maximum Gasteiger partial charge on any atom is 0.321 e. The van der Waals surface area contributed by atoms with Gasteiger partial charge in [-0.3, -0.25) is 9.59 Å². The molecule has 1 aliphatic heterocycles. The zero-order valence-corrected chi connectivity index (χ0v) is 10.5. The highest BCUT2D eigenvalue weighted by Crippen LogP contribution is 2.23. The van der Waals surface area contributed by atoms with Crippen LogP contribution in [0.3, 0.4) is 0 Å². The number of para-hydroxylation sites is 1. The summed E-state index contributed by atoms with van der Waals surface area (Å²) < 4.78 is 10.3. The van der Waals surface area contributed by atoms with Crippen LogP contribution in [0.4, 0.5) is 0 Å². The molecule has 0 aromatic heterocycles. The summed E-state index contributed by atoms with van der Waals surface area (Å²) in [5, 5.41) is 0. The van der Waals surface area contributed by atoms with Crippen LogP contribution in [0.5, 0.6) is 5.75 Å². The number of hydrogen-bond donors (Lipinski definition) is 0. The van der Waals surface area contributed by atoms with Gasteiger partial charge in [-0.15, -0.1) is 0 Å². The first-order valence-corrected chi connectivity index (χ1v) is 5.97. The Morgan fingerprint density at radius 2 is 2.11 bits per heavy atom. The average molecular weight is 248 g/mol. The van der Waals surface area contributed by atoms with E-state index >= 15 is 0 Å². The van der Waals surface area contributed by atoms with Gasteiger partial charge in [-0.25, -0.2) is 0 Å². The van der Waals surface area contributed by atoms with E-state index in [0.29, 0.717) is 18.8 Å². The molecule has 0 saturated carbocycles. The molecule has 1 fully saturated rings. The van der Waals surface area contributed by atoms with Crippen LogP contribution in [-0.4, -0.2) is 24.5 Å². The van der Waals surface area contributed by atoms with Crippen LogP contribution in [0.25, 0.3) is 0 Å². The Hall–Kier alpha value is -1.68. The van der Waals surface area contributed by atoms with E-state index in [1.807, 2.05) is 19.1 Å². The van der Waals surface area contributed by atoms with Crippen LogP contribution in [0.15, 0.2) is 24.3 Å². The molecule has 1 heterocycles. The third-order valence-corrected chi connectivity index (χ3v) is 2.98. The number of epoxide rings is 1. The van der Waals surface area contributed by atoms with Gasteiger partial charge in [0, 0.05) is 0 Å². The van der Waals surface area contributed by atoms with Gasteiger partial charge in [-0.05, 0) is 31.9 Å². The molecular weight excluding hydrogens is 232 g/mol. The summed E-state index contributed by atoms with van der Waals surface area (Å²) in [5.41, 5.74) is 0.871. The second kappa shape index (κ2) is 5.31. The first-order chi connectivity index (χ1) is 8.58. The van der Waals surface area contributed by atoms with Crippen LogP contribution in [0.1, 0.15) is 18.9 Å². The molecule has 1 aromatic rings. The van der Waals surface area contributed by atoms with Crippen molar-refractivity contribution in [2.75, 3.05) is 6.61 Å². The molecular formula is C14H16O4. The number of rotatable bonds is 5. The van der Waals surface area contributed by atoms with Crippen molar-refractivity contribution >= 4 is 11.8 Å². The highest BCUT2D eigenvalue weighted by atomic mass is 16.6. The summed E-state index contributed by atoms with van der Waals surface area (Å²) in [6.07, 6.45) is 0.448. The van der Waals surface area contributed by atoms with E-state index in [1.165, 1.54) is 6.92 Å². The molecule has 0 bridgehead atoms. The molecule has 2 rings (SSSR count). The van der Waals surface area contributed by atoms with E-state index < -0.39 is 11.9 Å². The van der Waals surface area contributed by atoms with Gasteiger partial charge >= 0.3 is 5.97 Å². The van der Waals surface area contributed by atoms with Crippen LogP contribution in [0, 0.1) is 12.8 Å². The molecule has 0 spiro atoms. The Labute approximate surface area is 106 Å². The lowest BCUT2D eigenvalue weighted by Crippen LogP contribution is -2.28. The first-order valence-electron chi connectivity index (χ1n) is 5.97. The monoisotopic (exact) mass is 248 g/mol. The fourth-order valence-electron chi connectivity index (χ4n) is 1.75. The van der Waals surface area contributed by atoms with Crippen molar-refractivity contribution in [3.05, 3.63) is 29.8 Å². The molecule has 4 nitrogen and oxygen atoms in total. The molecule has 0 aliphatic carbocycles. The first kappa shape index (κ1) is 12.8. The summed E-state index contributed by atoms with van der Waals surface area (Å²) in [4.78, 5) is 23.4. The van der Waals surface area contributed by atoms with Gasteiger partial charge < -0.3 is 9.47 Å². The third kappa shape index (κ3) is 3.17. The van der Waals surface area contributed by atoms with Crippen molar-refractivity contribution in [2.45, 2.75) is 26.4 Å². The summed E-state index contributed by atoms with van der Waals surface area (Å²) in [6.45, 7) is 3.89. The molecule has 2 unspecified atom stereocenters. The zero-order chi connectivity index (χ0) is 13.1. The number of benzene rings is 1. The molecule has 0 amide bonds. The smallest absolute Gasteiger partial charge is 0.321 e. The number of aryl methyl sites for hydroxylation is 1. The van der Waals surface area contributed by atoms with Crippen molar-refractivity contribution in [3.8, 4) is 5.75 Å². The normalized spacial score (nSPS) is 19.1. The van der Waals surface area contributed by atoms with Crippen LogP contribution < -0.4 is 4.74 Å². The Bertz CT molecular complexity index is 463. The summed E-state index contributed by atoms with van der Waals surface area (Å²) in [7, 11) is 0. The van der Waals surface area contributed by atoms with E-state index in [9.17, 15) is 9.59 Å². The molecule has 0 N–H and O–H groups in total. The molecule has 1 aromatic carbocycles. The zero-order valence-electron chi connectivity index (χ0n) is 10.5. The van der Waals surface area contributed by atoms with Gasteiger partial charge in [0.15, 0.2) is 0 Å². The van der Waals surface area contributed by atoms with E-state index in [1.54, 1.807) is 12.1 Å². The minimum atomic E-state index is -0.725. The lowest BCUT2D eigenvalue weighted by Gasteiger charge is -2.13. The average Bonchev–Trinajstić information content (AvgIpc) is 3.12. The maximum atomic E-state index is 12.0. The second-order valence-electron chi connectivity index (χ2n) is 4.54. The quantitative estimate of drug-likeness (QED) is 0.345. The maximum absolute atomic E-state index is 12.0. The van der Waals surface area contributed by atoms with Gasteiger partial charge in [0.1, 0.15) is 17.5 Å². The van der Waals surface area contributed by atoms with Gasteiger partial charge in [0.05, 0.1) is 12.7 Å². The number of carbonyl (C=O) groups excluding carboxylic acids is 2. The highest BCUT2D eigenvalue weighted by molar-refractivity contribution is 5.98. The van der Waals surface area contributed by atoms with E-state index in [2.05, 4.69) is 0 Å². The minimum Gasteiger partial charge on any atom is -0.426 e. The standard InChI is InChI=1S/C14H16O4/c1-9-5-3-4-6-13(9)18-14(16)12(10(2)15)7-11-8-17-11/h3-6,11-12H,7-8H2,1-2H3. The Balaban J connectivity index is 2.04. The Morgan fingerprint density at radius 3 is 2.67 bits per heavy atom. The lowest BCUT2D eigenvalue weighted by atomic mass is 9.99. The third-order valence-electron chi connectivity index (χ3n) is 2.98. The van der Waals surface area contributed by atoms with E-state index in [-0.39, 0.29) is 11.9 Å².